The largest absolute Gasteiger partial charge is 0.321 e. The van der Waals surface area contributed by atoms with E-state index in [4.69, 9.17) is 34.8 Å². The van der Waals surface area contributed by atoms with Crippen LogP contribution in [0, 0.1) is 30.3 Å². The highest BCUT2D eigenvalue weighted by molar-refractivity contribution is 6.38. The molecular formula is C13H5Cl3N4O7. The van der Waals surface area contributed by atoms with Gasteiger partial charge >= 0.3 is 0 Å². The highest BCUT2D eigenvalue weighted by Crippen LogP contribution is 2.36. The predicted octanol–water partition coefficient (Wildman–Crippen LogP) is 4.62. The van der Waals surface area contributed by atoms with Crippen molar-refractivity contribution in [3.8, 4) is 0 Å². The molecule has 0 saturated carbocycles. The molecule has 0 aliphatic rings. The van der Waals surface area contributed by atoms with Crippen LogP contribution in [0.1, 0.15) is 10.4 Å². The molecule has 0 aliphatic heterocycles. The van der Waals surface area contributed by atoms with Crippen LogP contribution in [0.2, 0.25) is 15.1 Å². The summed E-state index contributed by atoms with van der Waals surface area (Å²) in [5, 5.41) is 33.7. The number of rotatable bonds is 5. The van der Waals surface area contributed by atoms with Crippen LogP contribution in [0.3, 0.4) is 0 Å². The third-order valence-electron chi connectivity index (χ3n) is 3.17. The molecule has 0 atom stereocenters. The van der Waals surface area contributed by atoms with E-state index in [0.717, 1.165) is 18.2 Å². The minimum Gasteiger partial charge on any atom is -0.321 e. The number of carbonyl (C=O) groups is 1. The first-order valence-corrected chi connectivity index (χ1v) is 7.73. The molecule has 0 radical (unpaired) electrons. The first kappa shape index (κ1) is 20.3. The zero-order valence-corrected chi connectivity index (χ0v) is 14.9. The smallest absolute Gasteiger partial charge is 0.295 e. The minimum atomic E-state index is -1.07. The van der Waals surface area contributed by atoms with Gasteiger partial charge in [0.15, 0.2) is 0 Å². The summed E-state index contributed by atoms with van der Waals surface area (Å²) in [7, 11) is 0. The highest BCUT2D eigenvalue weighted by Gasteiger charge is 2.27. The lowest BCUT2D eigenvalue weighted by Gasteiger charge is -2.09. The molecule has 0 fully saturated rings. The average Bonchev–Trinajstić information content (AvgIpc) is 2.57. The Morgan fingerprint density at radius 2 is 1.41 bits per heavy atom. The zero-order valence-electron chi connectivity index (χ0n) is 12.6. The molecule has 1 N–H and O–H groups in total. The van der Waals surface area contributed by atoms with Crippen molar-refractivity contribution < 1.29 is 19.6 Å². The van der Waals surface area contributed by atoms with Crippen molar-refractivity contribution in [3.63, 3.8) is 0 Å². The number of nitrogens with one attached hydrogen (secondary N) is 1. The molecular weight excluding hydrogens is 431 g/mol. The number of halogens is 3. The van der Waals surface area contributed by atoms with Gasteiger partial charge in [0, 0.05) is 12.1 Å². The molecule has 11 nitrogen and oxygen atoms in total. The van der Waals surface area contributed by atoms with E-state index in [1.54, 1.807) is 0 Å². The molecule has 2 aromatic carbocycles. The average molecular weight is 436 g/mol. The lowest BCUT2D eigenvalue weighted by atomic mass is 10.1. The summed E-state index contributed by atoms with van der Waals surface area (Å²) in [5.74, 6) is -1.07. The summed E-state index contributed by atoms with van der Waals surface area (Å²) in [6.45, 7) is 0. The summed E-state index contributed by atoms with van der Waals surface area (Å²) in [5.41, 5.74) is -2.82. The normalized spacial score (nSPS) is 10.3. The molecule has 0 spiro atoms. The van der Waals surface area contributed by atoms with Crippen LogP contribution in [-0.4, -0.2) is 20.7 Å². The summed E-state index contributed by atoms with van der Waals surface area (Å²) in [6, 6.07) is 3.22. The molecule has 14 heteroatoms. The second-order valence-corrected chi connectivity index (χ2v) is 6.03. The third kappa shape index (κ3) is 4.22. The molecule has 1 amide bonds. The SMILES string of the molecule is O=C(Nc1cc(Cl)c([N+](=O)[O-])cc1Cl)c1cc([N+](=O)[O-])cc([N+](=O)[O-])c1Cl. The summed E-state index contributed by atoms with van der Waals surface area (Å²) >= 11 is 17.4. The van der Waals surface area contributed by atoms with Crippen molar-refractivity contribution in [1.29, 1.82) is 0 Å². The van der Waals surface area contributed by atoms with Gasteiger partial charge < -0.3 is 5.32 Å². The fourth-order valence-electron chi connectivity index (χ4n) is 1.96. The van der Waals surface area contributed by atoms with Gasteiger partial charge in [-0.1, -0.05) is 34.8 Å². The van der Waals surface area contributed by atoms with E-state index < -0.39 is 48.3 Å². The molecule has 0 aromatic heterocycles. The number of nitro groups is 3. The van der Waals surface area contributed by atoms with Crippen LogP contribution in [0.5, 0.6) is 0 Å². The number of hydrogen-bond acceptors (Lipinski definition) is 7. The molecule has 0 bridgehead atoms. The Morgan fingerprint density at radius 1 is 0.815 bits per heavy atom. The van der Waals surface area contributed by atoms with E-state index in [1.165, 1.54) is 0 Å². The lowest BCUT2D eigenvalue weighted by molar-refractivity contribution is -0.394. The maximum atomic E-state index is 12.4. The van der Waals surface area contributed by atoms with Gasteiger partial charge in [0.05, 0.1) is 37.1 Å². The maximum absolute atomic E-state index is 12.4. The van der Waals surface area contributed by atoms with Gasteiger partial charge in [0.2, 0.25) is 0 Å². The van der Waals surface area contributed by atoms with Gasteiger partial charge in [-0.3, -0.25) is 35.1 Å². The molecule has 0 aliphatic carbocycles. The number of nitrogens with zero attached hydrogens (tertiary/aromatic N) is 3. The number of anilines is 1. The molecule has 140 valence electrons. The van der Waals surface area contributed by atoms with Crippen LogP contribution in [0.15, 0.2) is 24.3 Å². The highest BCUT2D eigenvalue weighted by atomic mass is 35.5. The van der Waals surface area contributed by atoms with E-state index in [0.29, 0.717) is 6.07 Å². The minimum absolute atomic E-state index is 0.164. The predicted molar refractivity (Wildman–Crippen MR) is 95.8 cm³/mol. The summed E-state index contributed by atoms with van der Waals surface area (Å²) in [6.07, 6.45) is 0. The van der Waals surface area contributed by atoms with E-state index in [-0.39, 0.29) is 15.7 Å². The lowest BCUT2D eigenvalue weighted by Crippen LogP contribution is -2.14. The Labute approximate surface area is 163 Å². The van der Waals surface area contributed by atoms with Gasteiger partial charge in [0.25, 0.3) is 23.0 Å². The van der Waals surface area contributed by atoms with Gasteiger partial charge in [-0.2, -0.15) is 0 Å². The van der Waals surface area contributed by atoms with Crippen LogP contribution in [0.4, 0.5) is 22.7 Å². The monoisotopic (exact) mass is 434 g/mol. The molecule has 27 heavy (non-hydrogen) atoms. The quantitative estimate of drug-likeness (QED) is 0.529. The van der Waals surface area contributed by atoms with E-state index in [2.05, 4.69) is 5.32 Å². The first-order valence-electron chi connectivity index (χ1n) is 6.60. The van der Waals surface area contributed by atoms with Gasteiger partial charge in [-0.15, -0.1) is 0 Å². The van der Waals surface area contributed by atoms with Crippen molar-refractivity contribution in [2.24, 2.45) is 0 Å². The van der Waals surface area contributed by atoms with Gasteiger partial charge in [0.1, 0.15) is 10.0 Å². The number of amides is 1. The fraction of sp³-hybridized carbons (Fsp3) is 0. The summed E-state index contributed by atoms with van der Waals surface area (Å²) < 4.78 is 0. The molecule has 0 saturated heterocycles. The standard InChI is InChI=1S/C13H5Cl3N4O7/c14-7-4-10(19(24)25)8(15)3-9(7)17-13(21)6-1-5(18(22)23)2-11(12(6)16)20(26)27/h1-4H,(H,17,21). The number of benzene rings is 2. The van der Waals surface area contributed by atoms with Crippen molar-refractivity contribution in [3.05, 3.63) is 75.2 Å². The maximum Gasteiger partial charge on any atom is 0.295 e. The second-order valence-electron chi connectivity index (χ2n) is 4.84. The van der Waals surface area contributed by atoms with Gasteiger partial charge in [-0.25, -0.2) is 0 Å². The molecule has 2 rings (SSSR count). The molecule has 0 unspecified atom stereocenters. The van der Waals surface area contributed by atoms with E-state index in [1.807, 2.05) is 0 Å². The Balaban J connectivity index is 2.50. The van der Waals surface area contributed by atoms with Crippen LogP contribution in [0.25, 0.3) is 0 Å². The Hall–Kier alpha value is -3.02. The van der Waals surface area contributed by atoms with E-state index >= 15 is 0 Å². The fourth-order valence-corrected chi connectivity index (χ4v) is 2.66. The topological polar surface area (TPSA) is 159 Å². The van der Waals surface area contributed by atoms with Crippen LogP contribution < -0.4 is 5.32 Å². The van der Waals surface area contributed by atoms with Crippen LogP contribution in [-0.2, 0) is 0 Å². The number of non-ortho nitro benzene ring substituents is 1. The van der Waals surface area contributed by atoms with Crippen molar-refractivity contribution in [2.75, 3.05) is 5.32 Å². The molecule has 2 aromatic rings. The van der Waals surface area contributed by atoms with Crippen molar-refractivity contribution >= 4 is 63.5 Å². The van der Waals surface area contributed by atoms with E-state index in [9.17, 15) is 35.1 Å². The first-order chi connectivity index (χ1) is 12.5. The number of hydrogen-bond donors (Lipinski definition) is 1. The Morgan fingerprint density at radius 3 is 1.93 bits per heavy atom. The van der Waals surface area contributed by atoms with Crippen LogP contribution >= 0.6 is 34.8 Å². The third-order valence-corrected chi connectivity index (χ3v) is 4.18. The summed E-state index contributed by atoms with van der Waals surface area (Å²) in [4.78, 5) is 42.4. The van der Waals surface area contributed by atoms with Crippen molar-refractivity contribution in [1.82, 2.24) is 0 Å². The zero-order chi connectivity index (χ0) is 20.5. The Bertz CT molecular complexity index is 1010. The second kappa shape index (κ2) is 7.70. The number of nitro benzene ring substituents is 3. The van der Waals surface area contributed by atoms with Gasteiger partial charge in [-0.05, 0) is 6.07 Å². The number of carbonyl (C=O) groups excluding carboxylic acids is 1. The Kier molecular flexibility index (Phi) is 5.78. The van der Waals surface area contributed by atoms with Crippen molar-refractivity contribution in [2.45, 2.75) is 0 Å². The molecule has 0 heterocycles.